The monoisotopic (exact) mass is 588 g/mol. The van der Waals surface area contributed by atoms with Crippen molar-refractivity contribution in [3.8, 4) is 23.0 Å². The fourth-order valence-corrected chi connectivity index (χ4v) is 4.35. The Balaban J connectivity index is 2.10. The molecule has 0 saturated carbocycles. The molecule has 0 aliphatic carbocycles. The van der Waals surface area contributed by atoms with Gasteiger partial charge < -0.3 is 28.7 Å². The van der Waals surface area contributed by atoms with Crippen LogP contribution in [0.3, 0.4) is 0 Å². The smallest absolute Gasteiger partial charge is 0.162 e. The fourth-order valence-electron chi connectivity index (χ4n) is 3.90. The Labute approximate surface area is 248 Å². The van der Waals surface area contributed by atoms with Crippen LogP contribution >= 0.6 is 24.4 Å². The summed E-state index contributed by atoms with van der Waals surface area (Å²) >= 11 is 11.4. The Kier molecular flexibility index (Phi) is 13.3. The highest BCUT2D eigenvalue weighted by molar-refractivity contribution is 7.81. The van der Waals surface area contributed by atoms with Gasteiger partial charge in [0.25, 0.3) is 0 Å². The molecule has 0 saturated heterocycles. The first-order valence-electron chi connectivity index (χ1n) is 13.4. The van der Waals surface area contributed by atoms with Gasteiger partial charge in [-0.3, -0.25) is 9.59 Å². The standard InChI is InChI=1S/C30H40N2O6S2/c1-8-35-21-12-14-27(37-10-3)23(16-21)29(39)31(6)18-25(33)20(5)26(34)19-32(7)30(40)24-17-22(36-9-2)13-15-28(24)38-11-4/h12-17,20H,8-11,18-19H2,1-7H3. The largest absolute Gasteiger partial charge is 0.494 e. The number of ether oxygens (including phenoxy) is 4. The van der Waals surface area contributed by atoms with E-state index >= 15 is 0 Å². The lowest BCUT2D eigenvalue weighted by Crippen LogP contribution is -2.40. The number of thiocarbonyl (C=S) groups is 2. The van der Waals surface area contributed by atoms with E-state index in [1.807, 2.05) is 39.8 Å². The molecule has 0 aromatic heterocycles. The third kappa shape index (κ3) is 8.89. The maximum absolute atomic E-state index is 13.1. The van der Waals surface area contributed by atoms with Gasteiger partial charge in [0.1, 0.15) is 33.0 Å². The third-order valence-corrected chi connectivity index (χ3v) is 7.09. The molecule has 2 rings (SSSR count). The first kappa shape index (κ1) is 33.0. The van der Waals surface area contributed by atoms with Crippen molar-refractivity contribution in [1.29, 1.82) is 0 Å². The zero-order valence-electron chi connectivity index (χ0n) is 24.4. The number of rotatable bonds is 16. The van der Waals surface area contributed by atoms with Crippen LogP contribution in [-0.4, -0.2) is 85.0 Å². The number of Topliss-reactive ketones (excluding diaryl/α,β-unsaturated/α-hetero) is 2. The number of carbonyl (C=O) groups excluding carboxylic acids is 2. The summed E-state index contributed by atoms with van der Waals surface area (Å²) < 4.78 is 22.7. The van der Waals surface area contributed by atoms with Gasteiger partial charge in [-0.25, -0.2) is 0 Å². The molecule has 0 amide bonds. The van der Waals surface area contributed by atoms with E-state index in [1.54, 1.807) is 55.1 Å². The van der Waals surface area contributed by atoms with Crippen LogP contribution in [-0.2, 0) is 9.59 Å². The number of hydrogen-bond donors (Lipinski definition) is 0. The van der Waals surface area contributed by atoms with Gasteiger partial charge in [-0.05, 0) is 71.0 Å². The van der Waals surface area contributed by atoms with Crippen LogP contribution in [0.1, 0.15) is 45.7 Å². The van der Waals surface area contributed by atoms with Crippen molar-refractivity contribution in [2.45, 2.75) is 34.6 Å². The minimum atomic E-state index is -0.849. The second kappa shape index (κ2) is 16.1. The van der Waals surface area contributed by atoms with E-state index in [-0.39, 0.29) is 24.7 Å². The molecular weight excluding hydrogens is 548 g/mol. The Morgan fingerprint density at radius 2 is 1.02 bits per heavy atom. The molecule has 218 valence electrons. The highest BCUT2D eigenvalue weighted by Gasteiger charge is 2.26. The molecule has 0 radical (unpaired) electrons. The van der Waals surface area contributed by atoms with Crippen molar-refractivity contribution in [2.75, 3.05) is 53.6 Å². The lowest BCUT2D eigenvalue weighted by molar-refractivity contribution is -0.132. The molecule has 0 aliphatic rings. The predicted octanol–water partition coefficient (Wildman–Crippen LogP) is 4.97. The molecule has 2 aromatic carbocycles. The molecule has 0 unspecified atom stereocenters. The first-order valence-corrected chi connectivity index (χ1v) is 14.2. The highest BCUT2D eigenvalue weighted by atomic mass is 32.1. The summed E-state index contributed by atoms with van der Waals surface area (Å²) in [5.41, 5.74) is 1.31. The maximum atomic E-state index is 13.1. The van der Waals surface area contributed by atoms with Crippen LogP contribution < -0.4 is 18.9 Å². The van der Waals surface area contributed by atoms with Crippen molar-refractivity contribution >= 4 is 46.0 Å². The molecule has 40 heavy (non-hydrogen) atoms. The van der Waals surface area contributed by atoms with Crippen LogP contribution in [0.25, 0.3) is 0 Å². The molecule has 0 aliphatic heterocycles. The van der Waals surface area contributed by atoms with Crippen LogP contribution in [0.2, 0.25) is 0 Å². The lowest BCUT2D eigenvalue weighted by atomic mass is 10.00. The van der Waals surface area contributed by atoms with Crippen molar-refractivity contribution < 1.29 is 28.5 Å². The average Bonchev–Trinajstić information content (AvgIpc) is 2.93. The molecular formula is C30H40N2O6S2. The van der Waals surface area contributed by atoms with E-state index in [2.05, 4.69) is 0 Å². The Morgan fingerprint density at radius 3 is 1.35 bits per heavy atom. The molecule has 0 atom stereocenters. The Bertz CT molecular complexity index is 1110. The fraction of sp³-hybridized carbons (Fsp3) is 0.467. The van der Waals surface area contributed by atoms with Crippen LogP contribution in [0.15, 0.2) is 36.4 Å². The van der Waals surface area contributed by atoms with E-state index in [4.69, 9.17) is 43.4 Å². The SMILES string of the molecule is CCOc1ccc(OCC)c(C(=S)N(C)CC(=O)C(C)C(=O)CN(C)C(=S)c2cc(OCC)ccc2OCC)c1. The number of nitrogens with zero attached hydrogens (tertiary/aromatic N) is 2. The van der Waals surface area contributed by atoms with Gasteiger partial charge in [0, 0.05) is 14.1 Å². The number of ketones is 2. The van der Waals surface area contributed by atoms with E-state index in [1.165, 1.54) is 0 Å². The van der Waals surface area contributed by atoms with Gasteiger partial charge in [0.15, 0.2) is 11.6 Å². The first-order chi connectivity index (χ1) is 19.1. The zero-order valence-corrected chi connectivity index (χ0v) is 26.1. The van der Waals surface area contributed by atoms with Crippen LogP contribution in [0, 0.1) is 5.92 Å². The van der Waals surface area contributed by atoms with E-state index in [0.717, 1.165) is 0 Å². The summed E-state index contributed by atoms with van der Waals surface area (Å²) in [7, 11) is 3.45. The third-order valence-electron chi connectivity index (χ3n) is 6.03. The van der Waals surface area contributed by atoms with Crippen LogP contribution in [0.5, 0.6) is 23.0 Å². The van der Waals surface area contributed by atoms with E-state index in [9.17, 15) is 9.59 Å². The van der Waals surface area contributed by atoms with Crippen molar-refractivity contribution in [2.24, 2.45) is 5.92 Å². The predicted molar refractivity (Wildman–Crippen MR) is 165 cm³/mol. The van der Waals surface area contributed by atoms with Crippen molar-refractivity contribution in [3.63, 3.8) is 0 Å². The molecule has 0 fully saturated rings. The molecule has 0 spiro atoms. The maximum Gasteiger partial charge on any atom is 0.162 e. The van der Waals surface area contributed by atoms with E-state index in [0.29, 0.717) is 70.5 Å². The molecule has 0 N–H and O–H groups in total. The molecule has 8 nitrogen and oxygen atoms in total. The minimum Gasteiger partial charge on any atom is -0.494 e. The Morgan fingerprint density at radius 1 is 0.675 bits per heavy atom. The summed E-state index contributed by atoms with van der Waals surface area (Å²) in [6.45, 7) is 11.1. The van der Waals surface area contributed by atoms with Gasteiger partial charge >= 0.3 is 0 Å². The zero-order chi connectivity index (χ0) is 29.8. The second-order valence-electron chi connectivity index (χ2n) is 9.02. The number of carbonyl (C=O) groups is 2. The topological polar surface area (TPSA) is 77.5 Å². The lowest BCUT2D eigenvalue weighted by Gasteiger charge is -2.25. The summed E-state index contributed by atoms with van der Waals surface area (Å²) in [6.07, 6.45) is 0. The summed E-state index contributed by atoms with van der Waals surface area (Å²) in [5.74, 6) is 1.18. The number of likely N-dealkylation sites (N-methyl/N-ethyl adjacent to an activating group) is 2. The van der Waals surface area contributed by atoms with Gasteiger partial charge in [0.2, 0.25) is 0 Å². The van der Waals surface area contributed by atoms with E-state index < -0.39 is 5.92 Å². The number of benzene rings is 2. The van der Waals surface area contributed by atoms with Crippen LogP contribution in [0.4, 0.5) is 0 Å². The average molecular weight is 589 g/mol. The summed E-state index contributed by atoms with van der Waals surface area (Å²) in [6, 6.07) is 10.9. The van der Waals surface area contributed by atoms with Gasteiger partial charge in [-0.1, -0.05) is 24.4 Å². The molecule has 2 aromatic rings. The van der Waals surface area contributed by atoms with Gasteiger partial charge in [-0.2, -0.15) is 0 Å². The minimum absolute atomic E-state index is 0.0325. The molecule has 10 heteroatoms. The van der Waals surface area contributed by atoms with Gasteiger partial charge in [0.05, 0.1) is 56.6 Å². The quantitative estimate of drug-likeness (QED) is 0.198. The summed E-state index contributed by atoms with van der Waals surface area (Å²) in [5, 5.41) is 0. The molecule has 0 bridgehead atoms. The van der Waals surface area contributed by atoms with Gasteiger partial charge in [-0.15, -0.1) is 0 Å². The van der Waals surface area contributed by atoms with Crippen molar-refractivity contribution in [1.82, 2.24) is 9.80 Å². The summed E-state index contributed by atoms with van der Waals surface area (Å²) in [4.78, 5) is 30.4. The molecule has 0 heterocycles. The second-order valence-corrected chi connectivity index (χ2v) is 9.80. The highest BCUT2D eigenvalue weighted by Crippen LogP contribution is 2.28. The normalized spacial score (nSPS) is 10.6. The Hall–Kier alpha value is -3.24. The number of hydrogen-bond acceptors (Lipinski definition) is 8. The van der Waals surface area contributed by atoms with Crippen molar-refractivity contribution in [3.05, 3.63) is 47.5 Å².